The van der Waals surface area contributed by atoms with Gasteiger partial charge in [-0.2, -0.15) is 0 Å². The number of benzene rings is 2. The first kappa shape index (κ1) is 20.3. The molecule has 0 aliphatic rings. The van der Waals surface area contributed by atoms with Crippen LogP contribution in [0.25, 0.3) is 11.0 Å². The van der Waals surface area contributed by atoms with E-state index in [4.69, 9.17) is 4.74 Å². The summed E-state index contributed by atoms with van der Waals surface area (Å²) in [5.74, 6) is 0.0893. The van der Waals surface area contributed by atoms with E-state index in [1.165, 1.54) is 0 Å². The fourth-order valence-electron chi connectivity index (χ4n) is 3.84. The van der Waals surface area contributed by atoms with Crippen molar-refractivity contribution in [3.8, 4) is 5.75 Å². The number of amides is 1. The number of methoxy groups -OCH3 is 1. The van der Waals surface area contributed by atoms with Crippen molar-refractivity contribution in [3.63, 3.8) is 0 Å². The number of ketones is 1. The molecule has 1 atom stereocenters. The molecule has 0 aliphatic carbocycles. The highest BCUT2D eigenvalue weighted by Gasteiger charge is 2.24. The third kappa shape index (κ3) is 4.19. The summed E-state index contributed by atoms with van der Waals surface area (Å²) < 4.78 is 5.14. The Kier molecular flexibility index (Phi) is 5.80. The third-order valence-corrected chi connectivity index (χ3v) is 5.37. The summed E-state index contributed by atoms with van der Waals surface area (Å²) in [6.07, 6.45) is 3.53. The van der Waals surface area contributed by atoms with Crippen LogP contribution in [0.4, 0.5) is 0 Å². The molecular formula is C25H23N3O3. The molecule has 0 saturated heterocycles. The first-order chi connectivity index (χ1) is 15.1. The number of hydrogen-bond donors (Lipinski definition) is 2. The predicted octanol–water partition coefficient (Wildman–Crippen LogP) is 4.22. The number of Topliss-reactive ketones (excluding diaryl/α,β-unsaturated/α-hetero) is 1. The van der Waals surface area contributed by atoms with Crippen molar-refractivity contribution in [1.29, 1.82) is 0 Å². The van der Waals surface area contributed by atoms with Gasteiger partial charge in [-0.05, 0) is 60.0 Å². The zero-order valence-corrected chi connectivity index (χ0v) is 17.4. The summed E-state index contributed by atoms with van der Waals surface area (Å²) in [6, 6.07) is 18.5. The maximum Gasteiger partial charge on any atom is 0.251 e. The summed E-state index contributed by atoms with van der Waals surface area (Å²) in [6.45, 7) is 1.91. The smallest absolute Gasteiger partial charge is 0.251 e. The van der Waals surface area contributed by atoms with Gasteiger partial charge in [0.05, 0.1) is 13.0 Å². The average Bonchev–Trinajstić information content (AvgIpc) is 3.28. The zero-order chi connectivity index (χ0) is 21.8. The summed E-state index contributed by atoms with van der Waals surface area (Å²) in [5.41, 5.74) is 3.95. The van der Waals surface area contributed by atoms with Gasteiger partial charge in [0.15, 0.2) is 0 Å². The van der Waals surface area contributed by atoms with Crippen LogP contribution < -0.4 is 10.1 Å². The summed E-state index contributed by atoms with van der Waals surface area (Å²) in [5, 5.41) is 3.88. The van der Waals surface area contributed by atoms with Crippen molar-refractivity contribution in [2.75, 3.05) is 7.11 Å². The number of pyridine rings is 1. The first-order valence-corrected chi connectivity index (χ1v) is 10.0. The number of carbonyl (C=O) groups is 2. The average molecular weight is 413 g/mol. The Hall–Kier alpha value is -3.93. The second-order valence-electron chi connectivity index (χ2n) is 7.29. The number of aromatic nitrogens is 2. The van der Waals surface area contributed by atoms with E-state index >= 15 is 0 Å². The second kappa shape index (κ2) is 8.83. The largest absolute Gasteiger partial charge is 0.497 e. The Bertz CT molecular complexity index is 1230. The fraction of sp³-hybridized carbons (Fsp3) is 0.160. The van der Waals surface area contributed by atoms with Gasteiger partial charge in [0, 0.05) is 29.9 Å². The number of fused-ring (bicyclic) bond motifs is 1. The molecule has 4 rings (SSSR count). The van der Waals surface area contributed by atoms with Crippen LogP contribution >= 0.6 is 0 Å². The SMILES string of the molecule is COc1ccc(C(=O)NCc2ccccc2C(C(C)=O)c2ccnc3[nH]ccc23)cc1. The highest BCUT2D eigenvalue weighted by Crippen LogP contribution is 2.32. The van der Waals surface area contributed by atoms with Crippen molar-refractivity contribution in [2.45, 2.75) is 19.4 Å². The molecule has 1 amide bonds. The van der Waals surface area contributed by atoms with Crippen LogP contribution in [0.1, 0.15) is 39.9 Å². The monoisotopic (exact) mass is 413 g/mol. The summed E-state index contributed by atoms with van der Waals surface area (Å²) >= 11 is 0. The molecule has 0 spiro atoms. The molecule has 2 aromatic carbocycles. The third-order valence-electron chi connectivity index (χ3n) is 5.37. The molecule has 31 heavy (non-hydrogen) atoms. The molecule has 0 radical (unpaired) electrons. The minimum atomic E-state index is -0.449. The van der Waals surface area contributed by atoms with Crippen LogP contribution in [0.2, 0.25) is 0 Å². The van der Waals surface area contributed by atoms with Crippen molar-refractivity contribution in [2.24, 2.45) is 0 Å². The van der Waals surface area contributed by atoms with E-state index in [1.807, 2.05) is 42.6 Å². The molecule has 0 saturated carbocycles. The van der Waals surface area contributed by atoms with Gasteiger partial charge in [-0.3, -0.25) is 9.59 Å². The van der Waals surface area contributed by atoms with Crippen LogP contribution in [-0.2, 0) is 11.3 Å². The van der Waals surface area contributed by atoms with Crippen molar-refractivity contribution in [3.05, 3.63) is 95.3 Å². The number of carbonyl (C=O) groups excluding carboxylic acids is 2. The molecule has 4 aromatic rings. The highest BCUT2D eigenvalue weighted by molar-refractivity contribution is 5.95. The van der Waals surface area contributed by atoms with Crippen molar-refractivity contribution < 1.29 is 14.3 Å². The van der Waals surface area contributed by atoms with Crippen molar-refractivity contribution in [1.82, 2.24) is 15.3 Å². The number of nitrogens with one attached hydrogen (secondary N) is 2. The van der Waals surface area contributed by atoms with Gasteiger partial charge >= 0.3 is 0 Å². The quantitative estimate of drug-likeness (QED) is 0.475. The van der Waals surface area contributed by atoms with Crippen LogP contribution in [0.15, 0.2) is 73.1 Å². The van der Waals surface area contributed by atoms with Gasteiger partial charge in [-0.15, -0.1) is 0 Å². The molecule has 0 fully saturated rings. The number of hydrogen-bond acceptors (Lipinski definition) is 4. The summed E-state index contributed by atoms with van der Waals surface area (Å²) in [7, 11) is 1.58. The van der Waals surface area contributed by atoms with Crippen LogP contribution in [0.5, 0.6) is 5.75 Å². The van der Waals surface area contributed by atoms with Crippen molar-refractivity contribution >= 4 is 22.7 Å². The van der Waals surface area contributed by atoms with E-state index in [9.17, 15) is 9.59 Å². The van der Waals surface area contributed by atoms with Crippen LogP contribution in [-0.4, -0.2) is 28.8 Å². The zero-order valence-electron chi connectivity index (χ0n) is 17.4. The lowest BCUT2D eigenvalue weighted by Crippen LogP contribution is -2.24. The Morgan fingerprint density at radius 1 is 1.03 bits per heavy atom. The maximum absolute atomic E-state index is 12.8. The normalized spacial score (nSPS) is 11.8. The minimum absolute atomic E-state index is 0.0302. The number of ether oxygens (including phenoxy) is 1. The number of nitrogens with zero attached hydrogens (tertiary/aromatic N) is 1. The molecule has 1 unspecified atom stereocenters. The standard InChI is InChI=1S/C25H23N3O3/c1-16(29)23(21-11-13-26-24-22(21)12-14-27-24)20-6-4-3-5-18(20)15-28-25(30)17-7-9-19(31-2)10-8-17/h3-14,23H,15H2,1-2H3,(H,26,27)(H,28,30). The lowest BCUT2D eigenvalue weighted by atomic mass is 9.84. The second-order valence-corrected chi connectivity index (χ2v) is 7.29. The molecule has 0 aliphatic heterocycles. The van der Waals surface area contributed by atoms with Gasteiger partial charge in [-0.1, -0.05) is 24.3 Å². The van der Waals surface area contributed by atoms with E-state index in [1.54, 1.807) is 44.5 Å². The Morgan fingerprint density at radius 3 is 2.55 bits per heavy atom. The molecule has 6 heteroatoms. The van der Waals surface area contributed by atoms with Crippen LogP contribution in [0, 0.1) is 0 Å². The summed E-state index contributed by atoms with van der Waals surface area (Å²) in [4.78, 5) is 32.8. The maximum atomic E-state index is 12.8. The van der Waals surface area contributed by atoms with Gasteiger partial charge < -0.3 is 15.0 Å². The first-order valence-electron chi connectivity index (χ1n) is 10.0. The van der Waals surface area contributed by atoms with Crippen LogP contribution in [0.3, 0.4) is 0 Å². The van der Waals surface area contributed by atoms with E-state index in [2.05, 4.69) is 15.3 Å². The Balaban J connectivity index is 1.63. The minimum Gasteiger partial charge on any atom is -0.497 e. The van der Waals surface area contributed by atoms with E-state index in [-0.39, 0.29) is 11.7 Å². The topological polar surface area (TPSA) is 84.1 Å². The molecule has 2 heterocycles. The number of aromatic amines is 1. The highest BCUT2D eigenvalue weighted by atomic mass is 16.5. The molecule has 0 bridgehead atoms. The molecule has 2 N–H and O–H groups in total. The predicted molar refractivity (Wildman–Crippen MR) is 119 cm³/mol. The Labute approximate surface area is 180 Å². The van der Waals surface area contributed by atoms with E-state index in [0.29, 0.717) is 17.9 Å². The van der Waals surface area contributed by atoms with Gasteiger partial charge in [-0.25, -0.2) is 4.98 Å². The molecule has 156 valence electrons. The van der Waals surface area contributed by atoms with Gasteiger partial charge in [0.25, 0.3) is 5.91 Å². The lowest BCUT2D eigenvalue weighted by molar-refractivity contribution is -0.117. The molecule has 6 nitrogen and oxygen atoms in total. The molecule has 2 aromatic heterocycles. The lowest BCUT2D eigenvalue weighted by Gasteiger charge is -2.20. The molecular weight excluding hydrogens is 390 g/mol. The van der Waals surface area contributed by atoms with E-state index < -0.39 is 5.92 Å². The van der Waals surface area contributed by atoms with Gasteiger partial charge in [0.2, 0.25) is 0 Å². The van der Waals surface area contributed by atoms with E-state index in [0.717, 1.165) is 27.7 Å². The van der Waals surface area contributed by atoms with Gasteiger partial charge in [0.1, 0.15) is 17.2 Å². The fourth-order valence-corrected chi connectivity index (χ4v) is 3.84. The Morgan fingerprint density at radius 2 is 1.81 bits per heavy atom. The number of H-pyrrole nitrogens is 1. The number of rotatable bonds is 7.